The molecule has 0 amide bonds. The number of β-amino-alcohol motifs (C(OH)–C–C–N with tert-alkyl or cyclic N) is 1. The van der Waals surface area contributed by atoms with Crippen LogP contribution in [0.3, 0.4) is 0 Å². The largest absolute Gasteiger partial charge is 0.397 e. The summed E-state index contributed by atoms with van der Waals surface area (Å²) in [6.07, 6.45) is -0.180. The number of aliphatic hydroxyl groups is 1. The zero-order valence-electron chi connectivity index (χ0n) is 7.70. The molecule has 3 N–H and O–H groups in total. The molecule has 3 nitrogen and oxygen atoms in total. The number of aryl methyl sites for hydroxylation is 1. The molecule has 0 unspecified atom stereocenters. The second-order valence-corrected chi connectivity index (χ2v) is 3.62. The third-order valence-electron chi connectivity index (χ3n) is 2.39. The zero-order chi connectivity index (χ0) is 9.42. The van der Waals surface area contributed by atoms with Crippen molar-refractivity contribution in [3.8, 4) is 0 Å². The highest BCUT2D eigenvalue weighted by Gasteiger charge is 2.25. The van der Waals surface area contributed by atoms with Crippen LogP contribution in [0.2, 0.25) is 0 Å². The van der Waals surface area contributed by atoms with E-state index in [0.29, 0.717) is 13.1 Å². The maximum absolute atomic E-state index is 9.14. The van der Waals surface area contributed by atoms with E-state index in [0.717, 1.165) is 11.4 Å². The van der Waals surface area contributed by atoms with Crippen LogP contribution >= 0.6 is 0 Å². The molecular weight excluding hydrogens is 164 g/mol. The number of rotatable bonds is 1. The van der Waals surface area contributed by atoms with Crippen LogP contribution in [0.25, 0.3) is 0 Å². The summed E-state index contributed by atoms with van der Waals surface area (Å²) >= 11 is 0. The summed E-state index contributed by atoms with van der Waals surface area (Å²) in [4.78, 5) is 2.08. The SMILES string of the molecule is Cc1ccc(N2CC(O)C2)c(N)c1. The minimum absolute atomic E-state index is 0.180. The van der Waals surface area contributed by atoms with Crippen molar-refractivity contribution in [3.63, 3.8) is 0 Å². The van der Waals surface area contributed by atoms with Gasteiger partial charge in [0.2, 0.25) is 0 Å². The fraction of sp³-hybridized carbons (Fsp3) is 0.400. The predicted molar refractivity (Wildman–Crippen MR) is 53.8 cm³/mol. The molecule has 3 heteroatoms. The maximum atomic E-state index is 9.14. The highest BCUT2D eigenvalue weighted by atomic mass is 16.3. The van der Waals surface area contributed by atoms with Crippen molar-refractivity contribution in [1.29, 1.82) is 0 Å². The van der Waals surface area contributed by atoms with Crippen LogP contribution < -0.4 is 10.6 Å². The summed E-state index contributed by atoms with van der Waals surface area (Å²) < 4.78 is 0. The summed E-state index contributed by atoms with van der Waals surface area (Å²) in [6.45, 7) is 3.42. The minimum atomic E-state index is -0.180. The van der Waals surface area contributed by atoms with Crippen LogP contribution in [-0.2, 0) is 0 Å². The van der Waals surface area contributed by atoms with Gasteiger partial charge in [0.15, 0.2) is 0 Å². The van der Waals surface area contributed by atoms with Gasteiger partial charge in [-0.25, -0.2) is 0 Å². The smallest absolute Gasteiger partial charge is 0.0889 e. The van der Waals surface area contributed by atoms with Crippen LogP contribution in [0.1, 0.15) is 5.56 Å². The molecule has 1 aromatic carbocycles. The van der Waals surface area contributed by atoms with Gasteiger partial charge in [-0.1, -0.05) is 6.07 Å². The Morgan fingerprint density at radius 2 is 2.15 bits per heavy atom. The van der Waals surface area contributed by atoms with Crippen molar-refractivity contribution >= 4 is 11.4 Å². The second-order valence-electron chi connectivity index (χ2n) is 3.62. The Kier molecular flexibility index (Phi) is 1.88. The third kappa shape index (κ3) is 1.47. The van der Waals surface area contributed by atoms with Gasteiger partial charge in [0, 0.05) is 13.1 Å². The molecule has 1 aliphatic rings. The second kappa shape index (κ2) is 2.92. The molecule has 0 spiro atoms. The highest BCUT2D eigenvalue weighted by Crippen LogP contribution is 2.27. The summed E-state index contributed by atoms with van der Waals surface area (Å²) in [6, 6.07) is 6.01. The van der Waals surface area contributed by atoms with E-state index < -0.39 is 0 Å². The van der Waals surface area contributed by atoms with Crippen molar-refractivity contribution in [2.75, 3.05) is 23.7 Å². The molecule has 0 atom stereocenters. The quantitative estimate of drug-likeness (QED) is 0.624. The Balaban J connectivity index is 2.21. The van der Waals surface area contributed by atoms with Gasteiger partial charge in [-0.05, 0) is 24.6 Å². The maximum Gasteiger partial charge on any atom is 0.0889 e. The van der Waals surface area contributed by atoms with Crippen LogP contribution in [0.4, 0.5) is 11.4 Å². The Labute approximate surface area is 77.8 Å². The summed E-state index contributed by atoms with van der Waals surface area (Å²) in [5.74, 6) is 0. The molecule has 0 aromatic heterocycles. The zero-order valence-corrected chi connectivity index (χ0v) is 7.70. The lowest BCUT2D eigenvalue weighted by molar-refractivity contribution is 0.142. The lowest BCUT2D eigenvalue weighted by Crippen LogP contribution is -2.51. The summed E-state index contributed by atoms with van der Waals surface area (Å²) in [7, 11) is 0. The number of nitrogens with zero attached hydrogens (tertiary/aromatic N) is 1. The van der Waals surface area contributed by atoms with Crippen molar-refractivity contribution in [3.05, 3.63) is 23.8 Å². The van der Waals surface area contributed by atoms with E-state index in [1.54, 1.807) is 0 Å². The summed E-state index contributed by atoms with van der Waals surface area (Å²) in [5, 5.41) is 9.14. The highest BCUT2D eigenvalue weighted by molar-refractivity contribution is 5.69. The molecule has 0 saturated carbocycles. The number of benzene rings is 1. The number of nitrogen functional groups attached to an aromatic ring is 1. The van der Waals surface area contributed by atoms with Gasteiger partial charge >= 0.3 is 0 Å². The molecule has 13 heavy (non-hydrogen) atoms. The van der Waals surface area contributed by atoms with Crippen molar-refractivity contribution in [2.24, 2.45) is 0 Å². The van der Waals surface area contributed by atoms with E-state index in [1.807, 2.05) is 25.1 Å². The standard InChI is InChI=1S/C10H14N2O/c1-7-2-3-10(9(11)4-7)12-5-8(13)6-12/h2-4,8,13H,5-6,11H2,1H3. The first-order valence-corrected chi connectivity index (χ1v) is 4.46. The van der Waals surface area contributed by atoms with Gasteiger partial charge in [0.25, 0.3) is 0 Å². The summed E-state index contributed by atoms with van der Waals surface area (Å²) in [5.41, 5.74) is 8.86. The van der Waals surface area contributed by atoms with Gasteiger partial charge in [-0.2, -0.15) is 0 Å². The van der Waals surface area contributed by atoms with E-state index in [1.165, 1.54) is 5.56 Å². The molecule has 70 valence electrons. The van der Waals surface area contributed by atoms with Crippen molar-refractivity contribution in [1.82, 2.24) is 0 Å². The van der Waals surface area contributed by atoms with E-state index in [2.05, 4.69) is 4.90 Å². The first-order chi connectivity index (χ1) is 6.16. The lowest BCUT2D eigenvalue weighted by atomic mass is 10.1. The van der Waals surface area contributed by atoms with Gasteiger partial charge in [0.1, 0.15) is 0 Å². The molecule has 1 aromatic rings. The number of hydrogen-bond acceptors (Lipinski definition) is 3. The Bertz CT molecular complexity index is 319. The van der Waals surface area contributed by atoms with Gasteiger partial charge in [0.05, 0.1) is 17.5 Å². The number of anilines is 2. The first-order valence-electron chi connectivity index (χ1n) is 4.46. The lowest BCUT2D eigenvalue weighted by Gasteiger charge is -2.38. The molecular formula is C10H14N2O. The number of nitrogens with two attached hydrogens (primary N) is 1. The average Bonchev–Trinajstić information content (AvgIpc) is 2.00. The fourth-order valence-corrected chi connectivity index (χ4v) is 1.61. The molecule has 1 saturated heterocycles. The van der Waals surface area contributed by atoms with Crippen molar-refractivity contribution in [2.45, 2.75) is 13.0 Å². The third-order valence-corrected chi connectivity index (χ3v) is 2.39. The van der Waals surface area contributed by atoms with Crippen molar-refractivity contribution < 1.29 is 5.11 Å². The number of hydrogen-bond donors (Lipinski definition) is 2. The molecule has 2 rings (SSSR count). The number of aliphatic hydroxyl groups excluding tert-OH is 1. The molecule has 1 aliphatic heterocycles. The van der Waals surface area contributed by atoms with E-state index in [-0.39, 0.29) is 6.10 Å². The Morgan fingerprint density at radius 1 is 1.46 bits per heavy atom. The van der Waals surface area contributed by atoms with Gasteiger partial charge < -0.3 is 15.7 Å². The van der Waals surface area contributed by atoms with Crippen LogP contribution in [0.15, 0.2) is 18.2 Å². The molecule has 0 radical (unpaired) electrons. The monoisotopic (exact) mass is 178 g/mol. The Hall–Kier alpha value is -1.22. The Morgan fingerprint density at radius 3 is 2.69 bits per heavy atom. The predicted octanol–water partition coefficient (Wildman–Crippen LogP) is 0.758. The van der Waals surface area contributed by atoms with Crippen LogP contribution in [-0.4, -0.2) is 24.3 Å². The molecule has 0 bridgehead atoms. The molecule has 1 heterocycles. The normalized spacial score (nSPS) is 17.2. The van der Waals surface area contributed by atoms with E-state index in [9.17, 15) is 0 Å². The molecule has 0 aliphatic carbocycles. The van der Waals surface area contributed by atoms with Crippen LogP contribution in [0.5, 0.6) is 0 Å². The average molecular weight is 178 g/mol. The van der Waals surface area contributed by atoms with Gasteiger partial charge in [-0.3, -0.25) is 0 Å². The minimum Gasteiger partial charge on any atom is -0.397 e. The van der Waals surface area contributed by atoms with Crippen LogP contribution in [0, 0.1) is 6.92 Å². The van der Waals surface area contributed by atoms with E-state index in [4.69, 9.17) is 10.8 Å². The van der Waals surface area contributed by atoms with E-state index >= 15 is 0 Å². The topological polar surface area (TPSA) is 49.5 Å². The first kappa shape index (κ1) is 8.38. The van der Waals surface area contributed by atoms with Gasteiger partial charge in [-0.15, -0.1) is 0 Å². The molecule has 1 fully saturated rings. The fourth-order valence-electron chi connectivity index (χ4n) is 1.61.